The Balaban J connectivity index is 1.99. The predicted molar refractivity (Wildman–Crippen MR) is 74.3 cm³/mol. The van der Waals surface area contributed by atoms with E-state index in [2.05, 4.69) is 22.4 Å². The number of nitrogen functional groups attached to an aromatic ring is 1. The van der Waals surface area contributed by atoms with E-state index in [1.165, 1.54) is 37.8 Å². The van der Waals surface area contributed by atoms with Crippen LogP contribution in [0.4, 0.5) is 10.1 Å². The lowest BCUT2D eigenvalue weighted by molar-refractivity contribution is 0.332. The fraction of sp³-hybridized carbons (Fsp3) is 0.500. The van der Waals surface area contributed by atoms with Gasteiger partial charge < -0.3 is 5.73 Å². The molecule has 1 atom stereocenters. The van der Waals surface area contributed by atoms with Crippen molar-refractivity contribution in [3.05, 3.63) is 24.0 Å². The highest BCUT2D eigenvalue weighted by Gasteiger charge is 2.26. The van der Waals surface area contributed by atoms with Crippen LogP contribution in [0.25, 0.3) is 11.4 Å². The van der Waals surface area contributed by atoms with Crippen LogP contribution < -0.4 is 5.73 Å². The maximum atomic E-state index is 14.0. The van der Waals surface area contributed by atoms with Crippen molar-refractivity contribution in [1.29, 1.82) is 0 Å². The number of hydrogen-bond acceptors (Lipinski definition) is 4. The van der Waals surface area contributed by atoms with Crippen LogP contribution in [0.5, 0.6) is 0 Å². The van der Waals surface area contributed by atoms with Gasteiger partial charge in [-0.1, -0.05) is 12.8 Å². The largest absolute Gasteiger partial charge is 0.399 e. The molecule has 1 aromatic heterocycles. The molecular weight excluding hydrogens is 257 g/mol. The number of rotatable bonds is 3. The van der Waals surface area contributed by atoms with E-state index < -0.39 is 0 Å². The third-order valence-corrected chi connectivity index (χ3v) is 4.19. The van der Waals surface area contributed by atoms with Crippen LogP contribution in [0.1, 0.15) is 38.6 Å². The van der Waals surface area contributed by atoms with Crippen LogP contribution in [0.15, 0.2) is 18.2 Å². The first-order chi connectivity index (χ1) is 9.66. The van der Waals surface area contributed by atoms with Gasteiger partial charge in [0.05, 0.1) is 11.6 Å². The van der Waals surface area contributed by atoms with Gasteiger partial charge in [-0.05, 0) is 54.3 Å². The van der Waals surface area contributed by atoms with E-state index in [0.717, 1.165) is 0 Å². The molecule has 106 valence electrons. The number of nitrogens with zero attached hydrogens (tertiary/aromatic N) is 4. The van der Waals surface area contributed by atoms with Gasteiger partial charge in [-0.25, -0.2) is 9.07 Å². The van der Waals surface area contributed by atoms with Crippen LogP contribution in [0, 0.1) is 11.7 Å². The summed E-state index contributed by atoms with van der Waals surface area (Å²) in [6.45, 7) is 2.10. The van der Waals surface area contributed by atoms with E-state index >= 15 is 0 Å². The molecule has 5 nitrogen and oxygen atoms in total. The van der Waals surface area contributed by atoms with Crippen molar-refractivity contribution in [2.24, 2.45) is 5.92 Å². The molecular formula is C14H18FN5. The van der Waals surface area contributed by atoms with E-state index in [9.17, 15) is 4.39 Å². The van der Waals surface area contributed by atoms with Gasteiger partial charge in [0, 0.05) is 5.69 Å². The number of anilines is 1. The Hall–Kier alpha value is -1.98. The molecule has 1 saturated carbocycles. The lowest BCUT2D eigenvalue weighted by Gasteiger charge is -2.20. The summed E-state index contributed by atoms with van der Waals surface area (Å²) in [5, 5.41) is 11.8. The summed E-state index contributed by atoms with van der Waals surface area (Å²) < 4.78 is 15.7. The second-order valence-electron chi connectivity index (χ2n) is 5.47. The fourth-order valence-corrected chi connectivity index (χ4v) is 3.00. The minimum atomic E-state index is -0.353. The van der Waals surface area contributed by atoms with Gasteiger partial charge in [0.25, 0.3) is 0 Å². The highest BCUT2D eigenvalue weighted by atomic mass is 19.1. The molecule has 1 aliphatic carbocycles. The molecule has 0 saturated heterocycles. The molecule has 2 N–H and O–H groups in total. The highest BCUT2D eigenvalue weighted by molar-refractivity contribution is 5.61. The molecule has 2 aromatic rings. The molecule has 1 fully saturated rings. The molecule has 0 aliphatic heterocycles. The second kappa shape index (κ2) is 5.19. The predicted octanol–water partition coefficient (Wildman–Crippen LogP) is 2.81. The molecule has 6 heteroatoms. The maximum absolute atomic E-state index is 14.0. The van der Waals surface area contributed by atoms with Crippen molar-refractivity contribution in [2.45, 2.75) is 38.6 Å². The Morgan fingerprint density at radius 2 is 2.10 bits per heavy atom. The normalized spacial score (nSPS) is 17.5. The van der Waals surface area contributed by atoms with Gasteiger partial charge in [-0.3, -0.25) is 0 Å². The van der Waals surface area contributed by atoms with Crippen molar-refractivity contribution in [3.8, 4) is 11.4 Å². The molecule has 20 heavy (non-hydrogen) atoms. The zero-order valence-electron chi connectivity index (χ0n) is 11.5. The van der Waals surface area contributed by atoms with Crippen molar-refractivity contribution >= 4 is 5.69 Å². The molecule has 3 rings (SSSR count). The van der Waals surface area contributed by atoms with E-state index in [-0.39, 0.29) is 11.9 Å². The highest BCUT2D eigenvalue weighted by Crippen LogP contribution is 2.35. The van der Waals surface area contributed by atoms with Crippen molar-refractivity contribution in [3.63, 3.8) is 0 Å². The van der Waals surface area contributed by atoms with Crippen LogP contribution in [-0.4, -0.2) is 20.2 Å². The van der Waals surface area contributed by atoms with Crippen LogP contribution in [0.2, 0.25) is 0 Å². The first-order valence-electron chi connectivity index (χ1n) is 7.00. The Morgan fingerprint density at radius 3 is 2.85 bits per heavy atom. The third kappa shape index (κ3) is 2.26. The number of tetrazole rings is 1. The fourth-order valence-electron chi connectivity index (χ4n) is 3.00. The molecule has 0 spiro atoms. The lowest BCUT2D eigenvalue weighted by Crippen LogP contribution is -2.17. The van der Waals surface area contributed by atoms with E-state index in [0.29, 0.717) is 23.0 Å². The van der Waals surface area contributed by atoms with Crippen LogP contribution in [-0.2, 0) is 0 Å². The number of aromatic nitrogens is 4. The minimum Gasteiger partial charge on any atom is -0.399 e. The van der Waals surface area contributed by atoms with Gasteiger partial charge >= 0.3 is 0 Å². The van der Waals surface area contributed by atoms with Crippen molar-refractivity contribution < 1.29 is 4.39 Å². The van der Waals surface area contributed by atoms with E-state index in [4.69, 9.17) is 5.73 Å². The van der Waals surface area contributed by atoms with Crippen molar-refractivity contribution in [1.82, 2.24) is 20.2 Å². The molecule has 1 unspecified atom stereocenters. The quantitative estimate of drug-likeness (QED) is 0.874. The Labute approximate surface area is 117 Å². The molecule has 0 radical (unpaired) electrons. The SMILES string of the molecule is CC(C1CCCC1)n1nnnc1-c1cc(N)ccc1F. The Morgan fingerprint density at radius 1 is 1.35 bits per heavy atom. The van der Waals surface area contributed by atoms with Crippen LogP contribution >= 0.6 is 0 Å². The van der Waals surface area contributed by atoms with Gasteiger partial charge in [0.1, 0.15) is 5.82 Å². The standard InChI is InChI=1S/C14H18FN5/c1-9(10-4-2-3-5-10)20-14(17-18-19-20)12-8-11(16)6-7-13(12)15/h6-10H,2-5,16H2,1H3. The third-order valence-electron chi connectivity index (χ3n) is 4.19. The van der Waals surface area contributed by atoms with Gasteiger partial charge in [-0.15, -0.1) is 5.10 Å². The summed E-state index contributed by atoms with van der Waals surface area (Å²) in [5.74, 6) is 0.657. The summed E-state index contributed by atoms with van der Waals surface area (Å²) in [6, 6.07) is 4.64. The number of halogens is 1. The zero-order valence-corrected chi connectivity index (χ0v) is 11.5. The summed E-state index contributed by atoms with van der Waals surface area (Å²) >= 11 is 0. The number of hydrogen-bond donors (Lipinski definition) is 1. The number of benzene rings is 1. The van der Waals surface area contributed by atoms with Gasteiger partial charge in [0.2, 0.25) is 0 Å². The second-order valence-corrected chi connectivity index (χ2v) is 5.47. The molecule has 1 aromatic carbocycles. The number of nitrogens with two attached hydrogens (primary N) is 1. The monoisotopic (exact) mass is 275 g/mol. The Kier molecular flexibility index (Phi) is 3.38. The van der Waals surface area contributed by atoms with Crippen molar-refractivity contribution in [2.75, 3.05) is 5.73 Å². The topological polar surface area (TPSA) is 69.6 Å². The van der Waals surface area contributed by atoms with Crippen LogP contribution in [0.3, 0.4) is 0 Å². The molecule has 1 heterocycles. The smallest absolute Gasteiger partial charge is 0.185 e. The van der Waals surface area contributed by atoms with Gasteiger partial charge in [0.15, 0.2) is 5.82 Å². The first kappa shape index (κ1) is 13.0. The summed E-state index contributed by atoms with van der Waals surface area (Å²) in [6.07, 6.45) is 4.86. The first-order valence-corrected chi connectivity index (χ1v) is 7.00. The lowest BCUT2D eigenvalue weighted by atomic mass is 9.99. The molecule has 1 aliphatic rings. The minimum absolute atomic E-state index is 0.170. The average molecular weight is 275 g/mol. The molecule has 0 bridgehead atoms. The maximum Gasteiger partial charge on any atom is 0.185 e. The zero-order chi connectivity index (χ0) is 14.1. The summed E-state index contributed by atoms with van der Waals surface area (Å²) in [5.41, 5.74) is 6.60. The summed E-state index contributed by atoms with van der Waals surface area (Å²) in [7, 11) is 0. The molecule has 0 amide bonds. The Bertz CT molecular complexity index is 603. The average Bonchev–Trinajstić information content (AvgIpc) is 3.11. The van der Waals surface area contributed by atoms with E-state index in [1.54, 1.807) is 10.7 Å². The van der Waals surface area contributed by atoms with E-state index in [1.807, 2.05) is 0 Å². The van der Waals surface area contributed by atoms with Gasteiger partial charge in [-0.2, -0.15) is 0 Å². The summed E-state index contributed by atoms with van der Waals surface area (Å²) in [4.78, 5) is 0.